The molecular formula is C26H28ClFN4O4. The molecule has 3 aliphatic heterocycles. The Bertz CT molecular complexity index is 1250. The van der Waals surface area contributed by atoms with E-state index in [0.717, 1.165) is 0 Å². The van der Waals surface area contributed by atoms with Crippen LogP contribution in [0, 0.1) is 5.82 Å². The first-order valence-electron chi connectivity index (χ1n) is 11.9. The van der Waals surface area contributed by atoms with Gasteiger partial charge in [0.05, 0.1) is 17.8 Å². The minimum Gasteiger partial charge on any atom is -0.489 e. The molecule has 2 atom stereocenters. The second-order valence-electron chi connectivity index (χ2n) is 10.0. The third kappa shape index (κ3) is 4.00. The van der Waals surface area contributed by atoms with E-state index >= 15 is 0 Å². The second kappa shape index (κ2) is 9.05. The van der Waals surface area contributed by atoms with Crippen molar-refractivity contribution in [3.8, 4) is 17.0 Å². The smallest absolute Gasteiger partial charge is 0.261 e. The van der Waals surface area contributed by atoms with E-state index in [-0.39, 0.29) is 52.6 Å². The molecule has 1 unspecified atom stereocenters. The van der Waals surface area contributed by atoms with E-state index in [9.17, 15) is 19.1 Å². The number of hydrogen-bond donors (Lipinski definition) is 1. The number of carbonyl (C=O) groups excluding carboxylic acids is 2. The summed E-state index contributed by atoms with van der Waals surface area (Å²) in [6.45, 7) is 8.79. The monoisotopic (exact) mass is 514 g/mol. The number of pyridine rings is 1. The van der Waals surface area contributed by atoms with Crippen molar-refractivity contribution >= 4 is 29.2 Å². The Morgan fingerprint density at radius 2 is 2.06 bits per heavy atom. The number of benzene rings is 1. The quantitative estimate of drug-likeness (QED) is 0.633. The molecule has 4 heterocycles. The zero-order valence-electron chi connectivity index (χ0n) is 20.2. The lowest BCUT2D eigenvalue weighted by molar-refractivity contribution is -0.128. The fraction of sp³-hybridized carbons (Fsp3) is 0.423. The van der Waals surface area contributed by atoms with Crippen LogP contribution in [0.1, 0.15) is 30.6 Å². The number of aliphatic hydroxyl groups excluding tert-OH is 1. The zero-order chi connectivity index (χ0) is 25.8. The van der Waals surface area contributed by atoms with Gasteiger partial charge in [-0.15, -0.1) is 0 Å². The molecule has 1 aromatic heterocycles. The summed E-state index contributed by atoms with van der Waals surface area (Å²) in [6, 6.07) is 5.75. The molecule has 36 heavy (non-hydrogen) atoms. The molecular weight excluding hydrogens is 487 g/mol. The number of anilines is 1. The number of fused-ring (bicyclic) bond motifs is 2. The van der Waals surface area contributed by atoms with E-state index < -0.39 is 23.5 Å². The van der Waals surface area contributed by atoms with Gasteiger partial charge in [0.2, 0.25) is 5.91 Å². The van der Waals surface area contributed by atoms with E-state index in [0.29, 0.717) is 31.9 Å². The maximum absolute atomic E-state index is 14.8. The summed E-state index contributed by atoms with van der Waals surface area (Å²) in [5.74, 6) is -0.601. The zero-order valence-corrected chi connectivity index (χ0v) is 21.0. The first-order chi connectivity index (χ1) is 17.1. The van der Waals surface area contributed by atoms with Crippen LogP contribution in [-0.2, 0) is 4.79 Å². The van der Waals surface area contributed by atoms with Gasteiger partial charge >= 0.3 is 0 Å². The van der Waals surface area contributed by atoms with Gasteiger partial charge in [0.1, 0.15) is 28.8 Å². The molecule has 1 N–H and O–H groups in total. The van der Waals surface area contributed by atoms with Crippen molar-refractivity contribution in [2.75, 3.05) is 37.7 Å². The molecule has 1 aromatic carbocycles. The van der Waals surface area contributed by atoms with Crippen molar-refractivity contribution in [3.05, 3.63) is 53.3 Å². The normalized spacial score (nSPS) is 23.0. The Kier molecular flexibility index (Phi) is 6.16. The number of rotatable bonds is 3. The third-order valence-electron chi connectivity index (χ3n) is 7.18. The minimum atomic E-state index is -0.618. The predicted octanol–water partition coefficient (Wildman–Crippen LogP) is 3.12. The topological polar surface area (TPSA) is 86.2 Å². The molecule has 0 saturated carbocycles. The van der Waals surface area contributed by atoms with Gasteiger partial charge in [0.25, 0.3) is 5.91 Å². The average molecular weight is 515 g/mol. The number of hydrogen-bond acceptors (Lipinski definition) is 6. The van der Waals surface area contributed by atoms with Gasteiger partial charge in [0.15, 0.2) is 5.75 Å². The molecule has 5 rings (SSSR count). The maximum atomic E-state index is 14.8. The van der Waals surface area contributed by atoms with Crippen LogP contribution in [0.2, 0.25) is 5.02 Å². The fourth-order valence-corrected chi connectivity index (χ4v) is 5.68. The number of aromatic nitrogens is 1. The predicted molar refractivity (Wildman–Crippen MR) is 134 cm³/mol. The van der Waals surface area contributed by atoms with Crippen LogP contribution in [0.4, 0.5) is 10.2 Å². The lowest BCUT2D eigenvalue weighted by Crippen LogP contribution is -2.57. The molecule has 190 valence electrons. The van der Waals surface area contributed by atoms with Gasteiger partial charge in [-0.3, -0.25) is 9.59 Å². The van der Waals surface area contributed by atoms with E-state index in [1.165, 1.54) is 12.1 Å². The van der Waals surface area contributed by atoms with Gasteiger partial charge in [-0.05, 0) is 38.5 Å². The van der Waals surface area contributed by atoms with Crippen molar-refractivity contribution in [1.82, 2.24) is 14.8 Å². The molecule has 0 radical (unpaired) electrons. The van der Waals surface area contributed by atoms with Crippen molar-refractivity contribution in [2.45, 2.75) is 38.0 Å². The third-order valence-corrected chi connectivity index (χ3v) is 7.53. The van der Waals surface area contributed by atoms with E-state index in [4.69, 9.17) is 21.3 Å². The summed E-state index contributed by atoms with van der Waals surface area (Å²) in [5.41, 5.74) is 0.0108. The number of nitrogens with zero attached hydrogens (tertiary/aromatic N) is 4. The Morgan fingerprint density at radius 1 is 1.31 bits per heavy atom. The minimum absolute atomic E-state index is 0.0450. The SMILES string of the molecule is C=CC(=O)N1CCN2C(=O)c3c(N4CC(O)CC4(C)C)nc(-c4ccccc4F)c(Cl)c3OC[C@H]2C1. The first kappa shape index (κ1) is 24.5. The Labute approximate surface area is 213 Å². The fourth-order valence-electron chi connectivity index (χ4n) is 5.39. The summed E-state index contributed by atoms with van der Waals surface area (Å²) in [5, 5.41) is 10.5. The van der Waals surface area contributed by atoms with Crippen LogP contribution in [0.15, 0.2) is 36.9 Å². The molecule has 2 fully saturated rings. The van der Waals surface area contributed by atoms with Gasteiger partial charge in [-0.1, -0.05) is 30.3 Å². The van der Waals surface area contributed by atoms with Gasteiger partial charge in [0, 0.05) is 37.3 Å². The summed E-state index contributed by atoms with van der Waals surface area (Å²) >= 11 is 6.78. The number of halogens is 2. The molecule has 0 bridgehead atoms. The van der Waals surface area contributed by atoms with Crippen LogP contribution >= 0.6 is 11.6 Å². The Morgan fingerprint density at radius 3 is 2.72 bits per heavy atom. The molecule has 2 saturated heterocycles. The highest BCUT2D eigenvalue weighted by Crippen LogP contribution is 2.46. The maximum Gasteiger partial charge on any atom is 0.261 e. The van der Waals surface area contributed by atoms with Crippen LogP contribution in [-0.4, -0.2) is 82.2 Å². The van der Waals surface area contributed by atoms with Gasteiger partial charge in [-0.2, -0.15) is 0 Å². The summed E-state index contributed by atoms with van der Waals surface area (Å²) in [7, 11) is 0. The van der Waals surface area contributed by atoms with Crippen molar-refractivity contribution in [3.63, 3.8) is 0 Å². The summed E-state index contributed by atoms with van der Waals surface area (Å²) in [6.07, 6.45) is 1.11. The standard InChI is InChI=1S/C26H28ClFN4O4/c1-4-19(34)30-9-10-31-15(12-30)14-36-23-20(25(31)35)24(32-13-16(33)11-26(32,2)3)29-22(21(23)27)17-7-5-6-8-18(17)28/h4-8,15-16,33H,1,9-14H2,2-3H3/t15-,16?/m1/s1. The Hall–Kier alpha value is -3.17. The number of aliphatic hydroxyl groups is 1. The molecule has 2 amide bonds. The number of ether oxygens (including phenoxy) is 1. The van der Waals surface area contributed by atoms with Crippen LogP contribution in [0.5, 0.6) is 5.75 Å². The molecule has 10 heteroatoms. The summed E-state index contributed by atoms with van der Waals surface area (Å²) < 4.78 is 21.0. The van der Waals surface area contributed by atoms with Crippen molar-refractivity contribution < 1.29 is 23.8 Å². The highest BCUT2D eigenvalue weighted by atomic mass is 35.5. The second-order valence-corrected chi connectivity index (χ2v) is 10.4. The molecule has 8 nitrogen and oxygen atoms in total. The first-order valence-corrected chi connectivity index (χ1v) is 12.3. The molecule has 2 aromatic rings. The largest absolute Gasteiger partial charge is 0.489 e. The molecule has 3 aliphatic rings. The average Bonchev–Trinajstić information content (AvgIpc) is 3.04. The lowest BCUT2D eigenvalue weighted by atomic mass is 10.00. The molecule has 0 aliphatic carbocycles. The number of piperazine rings is 1. The van der Waals surface area contributed by atoms with Gasteiger partial charge in [-0.25, -0.2) is 9.37 Å². The lowest BCUT2D eigenvalue weighted by Gasteiger charge is -2.40. The van der Waals surface area contributed by atoms with Crippen molar-refractivity contribution in [2.24, 2.45) is 0 Å². The highest BCUT2D eigenvalue weighted by molar-refractivity contribution is 6.35. The molecule has 0 spiro atoms. The Balaban J connectivity index is 1.68. The number of β-amino-alcohol motifs (C(OH)–C–C–N with tert-alkyl or cyclic N) is 1. The van der Waals surface area contributed by atoms with Crippen molar-refractivity contribution in [1.29, 1.82) is 0 Å². The highest BCUT2D eigenvalue weighted by Gasteiger charge is 2.45. The number of amides is 2. The van der Waals surface area contributed by atoms with Crippen LogP contribution in [0.25, 0.3) is 11.3 Å². The van der Waals surface area contributed by atoms with Gasteiger partial charge < -0.3 is 24.5 Å². The van der Waals surface area contributed by atoms with E-state index in [1.54, 1.807) is 28.0 Å². The van der Waals surface area contributed by atoms with Crippen LogP contribution < -0.4 is 9.64 Å². The summed E-state index contributed by atoms with van der Waals surface area (Å²) in [4.78, 5) is 36.2. The van der Waals surface area contributed by atoms with E-state index in [1.807, 2.05) is 18.7 Å². The van der Waals surface area contributed by atoms with E-state index in [2.05, 4.69) is 6.58 Å². The van der Waals surface area contributed by atoms with Crippen LogP contribution in [0.3, 0.4) is 0 Å². The number of carbonyl (C=O) groups is 2.